The summed E-state index contributed by atoms with van der Waals surface area (Å²) >= 11 is 0. The number of carbonyl (C=O) groups excluding carboxylic acids is 1. The normalized spacial score (nSPS) is 12.5. The van der Waals surface area contributed by atoms with Crippen molar-refractivity contribution in [2.24, 2.45) is 0 Å². The van der Waals surface area contributed by atoms with Crippen molar-refractivity contribution in [3.63, 3.8) is 0 Å². The van der Waals surface area contributed by atoms with Crippen molar-refractivity contribution in [1.29, 1.82) is 0 Å². The van der Waals surface area contributed by atoms with Crippen molar-refractivity contribution in [1.82, 2.24) is 4.90 Å². The van der Waals surface area contributed by atoms with Crippen LogP contribution in [-0.2, 0) is 4.74 Å². The molecule has 0 N–H and O–H groups in total. The average molecular weight is 253 g/mol. The van der Waals surface area contributed by atoms with Gasteiger partial charge in [0.05, 0.1) is 5.56 Å². The van der Waals surface area contributed by atoms with Crippen LogP contribution in [-0.4, -0.2) is 36.6 Å². The molecule has 0 aliphatic heterocycles. The molecule has 1 atom stereocenters. The molecule has 4 heteroatoms. The van der Waals surface area contributed by atoms with E-state index in [1.54, 1.807) is 0 Å². The van der Waals surface area contributed by atoms with E-state index in [9.17, 15) is 9.18 Å². The van der Waals surface area contributed by atoms with Crippen LogP contribution < -0.4 is 0 Å². The third-order valence-corrected chi connectivity index (χ3v) is 2.80. The Morgan fingerprint density at radius 2 is 1.83 bits per heavy atom. The number of benzene rings is 1. The third-order valence-electron chi connectivity index (χ3n) is 2.80. The van der Waals surface area contributed by atoms with Gasteiger partial charge in [0.15, 0.2) is 0 Å². The van der Waals surface area contributed by atoms with Crippen LogP contribution in [0.2, 0.25) is 0 Å². The molecule has 0 fully saturated rings. The van der Waals surface area contributed by atoms with Crippen LogP contribution in [0.5, 0.6) is 0 Å². The highest BCUT2D eigenvalue weighted by atomic mass is 19.1. The highest BCUT2D eigenvalue weighted by molar-refractivity contribution is 5.89. The molecule has 0 heterocycles. The Kier molecular flexibility index (Phi) is 5.78. The Morgan fingerprint density at radius 1 is 1.28 bits per heavy atom. The monoisotopic (exact) mass is 253 g/mol. The van der Waals surface area contributed by atoms with Crippen LogP contribution in [0.25, 0.3) is 0 Å². The maximum absolute atomic E-state index is 12.7. The van der Waals surface area contributed by atoms with Gasteiger partial charge in [0.25, 0.3) is 0 Å². The van der Waals surface area contributed by atoms with E-state index in [4.69, 9.17) is 4.74 Å². The fourth-order valence-electron chi connectivity index (χ4n) is 1.72. The van der Waals surface area contributed by atoms with Gasteiger partial charge in [-0.25, -0.2) is 9.18 Å². The highest BCUT2D eigenvalue weighted by Gasteiger charge is 2.14. The Bertz CT molecular complexity index is 374. The van der Waals surface area contributed by atoms with E-state index >= 15 is 0 Å². The minimum atomic E-state index is -0.408. The molecule has 3 nitrogen and oxygen atoms in total. The third kappa shape index (κ3) is 4.45. The molecule has 1 aromatic rings. The number of hydrogen-bond acceptors (Lipinski definition) is 3. The lowest BCUT2D eigenvalue weighted by Crippen LogP contribution is -2.33. The molecule has 0 radical (unpaired) electrons. The number of hydrogen-bond donors (Lipinski definition) is 0. The van der Waals surface area contributed by atoms with Gasteiger partial charge in [0.2, 0.25) is 0 Å². The summed E-state index contributed by atoms with van der Waals surface area (Å²) in [4.78, 5) is 13.9. The number of halogens is 1. The minimum absolute atomic E-state index is 0.178. The topological polar surface area (TPSA) is 29.5 Å². The van der Waals surface area contributed by atoms with Crippen molar-refractivity contribution < 1.29 is 13.9 Å². The standard InChI is InChI=1S/C14H20FNO2/c1-4-16(5-2)10-11(3)18-14(17)12-6-8-13(15)9-7-12/h6-9,11H,4-5,10H2,1-3H3. The van der Waals surface area contributed by atoms with Gasteiger partial charge in [-0.1, -0.05) is 13.8 Å². The van der Waals surface area contributed by atoms with Gasteiger partial charge in [0, 0.05) is 6.54 Å². The zero-order valence-electron chi connectivity index (χ0n) is 11.1. The summed E-state index contributed by atoms with van der Waals surface area (Å²) in [6.07, 6.45) is -0.178. The summed E-state index contributed by atoms with van der Waals surface area (Å²) in [5.41, 5.74) is 0.378. The summed E-state index contributed by atoms with van der Waals surface area (Å²) in [7, 11) is 0. The molecule has 0 spiro atoms. The first-order chi connectivity index (χ1) is 8.56. The molecule has 0 amide bonds. The lowest BCUT2D eigenvalue weighted by atomic mass is 10.2. The smallest absolute Gasteiger partial charge is 0.338 e. The number of carbonyl (C=O) groups is 1. The predicted molar refractivity (Wildman–Crippen MR) is 69.1 cm³/mol. The second kappa shape index (κ2) is 7.11. The Morgan fingerprint density at radius 3 is 2.33 bits per heavy atom. The van der Waals surface area contributed by atoms with Crippen LogP contribution in [0.4, 0.5) is 4.39 Å². The zero-order chi connectivity index (χ0) is 13.5. The number of likely N-dealkylation sites (N-methyl/N-ethyl adjacent to an activating group) is 1. The molecular weight excluding hydrogens is 233 g/mol. The number of rotatable bonds is 6. The van der Waals surface area contributed by atoms with Crippen LogP contribution in [0.1, 0.15) is 31.1 Å². The first kappa shape index (κ1) is 14.6. The van der Waals surface area contributed by atoms with Gasteiger partial charge in [0.1, 0.15) is 11.9 Å². The number of esters is 1. The minimum Gasteiger partial charge on any atom is -0.458 e. The van der Waals surface area contributed by atoms with Crippen LogP contribution in [0.15, 0.2) is 24.3 Å². The maximum Gasteiger partial charge on any atom is 0.338 e. The van der Waals surface area contributed by atoms with Crippen molar-refractivity contribution in [3.05, 3.63) is 35.6 Å². The van der Waals surface area contributed by atoms with Gasteiger partial charge in [-0.3, -0.25) is 0 Å². The molecule has 0 aliphatic rings. The van der Waals surface area contributed by atoms with E-state index < -0.39 is 5.97 Å². The van der Waals surface area contributed by atoms with E-state index in [0.717, 1.165) is 13.1 Å². The summed E-state index contributed by atoms with van der Waals surface area (Å²) in [5.74, 6) is -0.766. The second-order valence-electron chi connectivity index (χ2n) is 4.21. The van der Waals surface area contributed by atoms with Gasteiger partial charge in [-0.15, -0.1) is 0 Å². The Hall–Kier alpha value is -1.42. The lowest BCUT2D eigenvalue weighted by molar-refractivity contribution is 0.0260. The fraction of sp³-hybridized carbons (Fsp3) is 0.500. The van der Waals surface area contributed by atoms with Crippen LogP contribution >= 0.6 is 0 Å². The van der Waals surface area contributed by atoms with E-state index in [0.29, 0.717) is 12.1 Å². The number of ether oxygens (including phenoxy) is 1. The van der Waals surface area contributed by atoms with Crippen molar-refractivity contribution in [2.45, 2.75) is 26.9 Å². The first-order valence-electron chi connectivity index (χ1n) is 6.25. The summed E-state index contributed by atoms with van der Waals surface area (Å²) in [6.45, 7) is 8.56. The van der Waals surface area contributed by atoms with Crippen LogP contribution in [0, 0.1) is 5.82 Å². The van der Waals surface area contributed by atoms with Crippen LogP contribution in [0.3, 0.4) is 0 Å². The van der Waals surface area contributed by atoms with Gasteiger partial charge in [-0.05, 0) is 44.3 Å². The number of nitrogens with zero attached hydrogens (tertiary/aromatic N) is 1. The molecule has 0 bridgehead atoms. The molecule has 1 aromatic carbocycles. The molecule has 18 heavy (non-hydrogen) atoms. The van der Waals surface area contributed by atoms with Gasteiger partial charge < -0.3 is 9.64 Å². The van der Waals surface area contributed by atoms with Crippen molar-refractivity contribution in [3.8, 4) is 0 Å². The fourth-order valence-corrected chi connectivity index (χ4v) is 1.72. The Balaban J connectivity index is 2.51. The largest absolute Gasteiger partial charge is 0.458 e. The second-order valence-corrected chi connectivity index (χ2v) is 4.21. The molecule has 0 saturated carbocycles. The average Bonchev–Trinajstić information content (AvgIpc) is 2.36. The first-order valence-corrected chi connectivity index (χ1v) is 6.25. The van der Waals surface area contributed by atoms with Crippen molar-refractivity contribution >= 4 is 5.97 Å². The maximum atomic E-state index is 12.7. The van der Waals surface area contributed by atoms with E-state index in [-0.39, 0.29) is 11.9 Å². The van der Waals surface area contributed by atoms with Gasteiger partial charge >= 0.3 is 5.97 Å². The van der Waals surface area contributed by atoms with Crippen molar-refractivity contribution in [2.75, 3.05) is 19.6 Å². The SMILES string of the molecule is CCN(CC)CC(C)OC(=O)c1ccc(F)cc1. The Labute approximate surface area is 108 Å². The molecule has 1 rings (SSSR count). The molecular formula is C14H20FNO2. The zero-order valence-corrected chi connectivity index (χ0v) is 11.1. The lowest BCUT2D eigenvalue weighted by Gasteiger charge is -2.22. The van der Waals surface area contributed by atoms with Gasteiger partial charge in [-0.2, -0.15) is 0 Å². The molecule has 0 saturated heterocycles. The van der Waals surface area contributed by atoms with E-state index in [2.05, 4.69) is 18.7 Å². The highest BCUT2D eigenvalue weighted by Crippen LogP contribution is 2.07. The molecule has 0 aromatic heterocycles. The summed E-state index contributed by atoms with van der Waals surface area (Å²) < 4.78 is 18.0. The van der Waals surface area contributed by atoms with E-state index in [1.165, 1.54) is 24.3 Å². The summed E-state index contributed by atoms with van der Waals surface area (Å²) in [6, 6.07) is 5.38. The molecule has 0 aliphatic carbocycles. The summed E-state index contributed by atoms with van der Waals surface area (Å²) in [5, 5.41) is 0. The molecule has 1 unspecified atom stereocenters. The van der Waals surface area contributed by atoms with E-state index in [1.807, 2.05) is 6.92 Å². The molecule has 100 valence electrons. The quantitative estimate of drug-likeness (QED) is 0.730. The predicted octanol–water partition coefficient (Wildman–Crippen LogP) is 2.71.